The predicted molar refractivity (Wildman–Crippen MR) is 95.6 cm³/mol. The molecule has 6 nitrogen and oxygen atoms in total. The topological polar surface area (TPSA) is 99.9 Å². The summed E-state index contributed by atoms with van der Waals surface area (Å²) in [6.07, 6.45) is 7.28. The van der Waals surface area contributed by atoms with Crippen LogP contribution in [0.4, 0.5) is 0 Å². The van der Waals surface area contributed by atoms with E-state index in [1.165, 1.54) is 17.0 Å². The maximum absolute atomic E-state index is 9.83. The molecule has 0 saturated heterocycles. The minimum Gasteiger partial charge on any atom is -0.396 e. The van der Waals surface area contributed by atoms with E-state index in [1.54, 1.807) is 12.3 Å². The number of allylic oxidation sites excluding steroid dienone is 1. The highest BCUT2D eigenvalue weighted by atomic mass is 16.3. The minimum atomic E-state index is -0.553. The molecular formula is C18H27N5O. The molecule has 6 N–H and O–H groups in total. The van der Waals surface area contributed by atoms with E-state index in [-0.39, 0.29) is 12.0 Å². The van der Waals surface area contributed by atoms with Gasteiger partial charge in [-0.1, -0.05) is 30.3 Å². The van der Waals surface area contributed by atoms with Crippen molar-refractivity contribution in [2.24, 2.45) is 27.9 Å². The van der Waals surface area contributed by atoms with Gasteiger partial charge in [0.2, 0.25) is 0 Å². The molecule has 1 atom stereocenters. The van der Waals surface area contributed by atoms with Gasteiger partial charge in [0.25, 0.3) is 0 Å². The third kappa shape index (κ3) is 3.77. The smallest absolute Gasteiger partial charge is 0.188 e. The van der Waals surface area contributed by atoms with Crippen molar-refractivity contribution in [3.8, 4) is 0 Å². The Hall–Kier alpha value is -1.89. The summed E-state index contributed by atoms with van der Waals surface area (Å²) in [5.41, 5.74) is 7.11. The van der Waals surface area contributed by atoms with Gasteiger partial charge < -0.3 is 10.4 Å². The number of benzene rings is 1. The van der Waals surface area contributed by atoms with Gasteiger partial charge in [0, 0.05) is 18.2 Å². The standard InChI is InChI=1S/C18H27N5O/c19-17-21-9-8-16(23(17)20)22-12-18(13-24)10-15(11-18)7-6-14-4-2-1-3-5-14/h1-5,8-9,15,17,22,24H,6-7,10-13,19-20H2. The number of aliphatic hydroxyl groups is 1. The fraction of sp³-hybridized carbons (Fsp3) is 0.500. The van der Waals surface area contributed by atoms with E-state index in [9.17, 15) is 5.11 Å². The molecule has 1 aromatic carbocycles. The number of nitrogens with zero attached hydrogens (tertiary/aromatic N) is 2. The van der Waals surface area contributed by atoms with Crippen LogP contribution in [0.3, 0.4) is 0 Å². The first-order valence-corrected chi connectivity index (χ1v) is 8.53. The lowest BCUT2D eigenvalue weighted by Gasteiger charge is -2.47. The maximum atomic E-state index is 9.83. The van der Waals surface area contributed by atoms with Gasteiger partial charge in [0.05, 0.1) is 6.61 Å². The zero-order valence-corrected chi connectivity index (χ0v) is 13.9. The normalized spacial score (nSPS) is 29.1. The average Bonchev–Trinajstić information content (AvgIpc) is 2.58. The lowest BCUT2D eigenvalue weighted by atomic mass is 9.61. The maximum Gasteiger partial charge on any atom is 0.188 e. The molecule has 1 aliphatic carbocycles. The quantitative estimate of drug-likeness (QED) is 0.558. The van der Waals surface area contributed by atoms with E-state index in [0.29, 0.717) is 12.5 Å². The highest BCUT2D eigenvalue weighted by molar-refractivity contribution is 5.72. The molecule has 0 spiro atoms. The number of hydrogen-bond acceptors (Lipinski definition) is 6. The molecule has 1 fully saturated rings. The first-order chi connectivity index (χ1) is 11.6. The number of hydrazine groups is 1. The first-order valence-electron chi connectivity index (χ1n) is 8.53. The van der Waals surface area contributed by atoms with Gasteiger partial charge in [-0.15, -0.1) is 0 Å². The summed E-state index contributed by atoms with van der Waals surface area (Å²) >= 11 is 0. The van der Waals surface area contributed by atoms with Crippen LogP contribution in [0, 0.1) is 11.3 Å². The van der Waals surface area contributed by atoms with Gasteiger partial charge in [-0.05, 0) is 43.2 Å². The molecule has 2 aliphatic rings. The Morgan fingerprint density at radius 1 is 1.29 bits per heavy atom. The average molecular weight is 329 g/mol. The van der Waals surface area contributed by atoms with Crippen LogP contribution >= 0.6 is 0 Å². The largest absolute Gasteiger partial charge is 0.396 e. The van der Waals surface area contributed by atoms with E-state index < -0.39 is 6.29 Å². The molecule has 1 heterocycles. The Balaban J connectivity index is 1.46. The molecular weight excluding hydrogens is 302 g/mol. The molecule has 1 saturated carbocycles. The van der Waals surface area contributed by atoms with E-state index in [0.717, 1.165) is 25.1 Å². The van der Waals surface area contributed by atoms with E-state index in [1.807, 2.05) is 6.07 Å². The van der Waals surface area contributed by atoms with Gasteiger partial charge >= 0.3 is 0 Å². The molecule has 24 heavy (non-hydrogen) atoms. The molecule has 3 rings (SSSR count). The Bertz CT molecular complexity index is 595. The molecule has 0 radical (unpaired) electrons. The number of rotatable bonds is 7. The number of nitrogens with one attached hydrogen (secondary N) is 1. The van der Waals surface area contributed by atoms with Gasteiger partial charge in [0.15, 0.2) is 6.29 Å². The van der Waals surface area contributed by atoms with Crippen molar-refractivity contribution in [3.05, 3.63) is 47.8 Å². The Morgan fingerprint density at radius 2 is 2.04 bits per heavy atom. The number of aliphatic imine (C=N–C) groups is 1. The van der Waals surface area contributed by atoms with Gasteiger partial charge in [0.1, 0.15) is 5.82 Å². The predicted octanol–water partition coefficient (Wildman–Crippen LogP) is 0.941. The third-order valence-corrected chi connectivity index (χ3v) is 5.14. The third-order valence-electron chi connectivity index (χ3n) is 5.14. The Labute approximate surface area is 143 Å². The van der Waals surface area contributed by atoms with Crippen LogP contribution in [-0.4, -0.2) is 35.8 Å². The summed E-state index contributed by atoms with van der Waals surface area (Å²) in [5, 5.41) is 14.6. The van der Waals surface area contributed by atoms with Crippen molar-refractivity contribution in [3.63, 3.8) is 0 Å². The number of aliphatic hydroxyl groups excluding tert-OH is 1. The van der Waals surface area contributed by atoms with Crippen molar-refractivity contribution < 1.29 is 5.11 Å². The minimum absolute atomic E-state index is 0.0538. The Morgan fingerprint density at radius 3 is 2.75 bits per heavy atom. The second kappa shape index (κ2) is 7.34. The van der Waals surface area contributed by atoms with Gasteiger partial charge in [-0.25, -0.2) is 5.84 Å². The molecule has 0 aromatic heterocycles. The van der Waals surface area contributed by atoms with Crippen LogP contribution in [-0.2, 0) is 6.42 Å². The molecule has 1 aliphatic heterocycles. The summed E-state index contributed by atoms with van der Waals surface area (Å²) in [7, 11) is 0. The molecule has 0 amide bonds. The van der Waals surface area contributed by atoms with Crippen LogP contribution in [0.2, 0.25) is 0 Å². The van der Waals surface area contributed by atoms with Crippen molar-refractivity contribution >= 4 is 6.21 Å². The van der Waals surface area contributed by atoms with Crippen molar-refractivity contribution in [1.29, 1.82) is 0 Å². The zero-order valence-electron chi connectivity index (χ0n) is 13.9. The summed E-state index contributed by atoms with van der Waals surface area (Å²) in [4.78, 5) is 4.01. The monoisotopic (exact) mass is 329 g/mol. The molecule has 0 bridgehead atoms. The SMILES string of the molecule is NC1N=CC=C(NCC2(CO)CC(CCc3ccccc3)C2)N1N. The van der Waals surface area contributed by atoms with E-state index >= 15 is 0 Å². The van der Waals surface area contributed by atoms with E-state index in [2.05, 4.69) is 34.6 Å². The first kappa shape index (κ1) is 17.0. The number of nitrogens with two attached hydrogens (primary N) is 2. The van der Waals surface area contributed by atoms with Gasteiger partial charge in [-0.2, -0.15) is 0 Å². The molecule has 1 aromatic rings. The Kier molecular flexibility index (Phi) is 5.18. The summed E-state index contributed by atoms with van der Waals surface area (Å²) in [6.45, 7) is 0.894. The van der Waals surface area contributed by atoms with Crippen molar-refractivity contribution in [2.45, 2.75) is 32.0 Å². The lowest BCUT2D eigenvalue weighted by molar-refractivity contribution is -0.00769. The highest BCUT2D eigenvalue weighted by Gasteiger charge is 2.43. The van der Waals surface area contributed by atoms with Crippen LogP contribution < -0.4 is 16.9 Å². The van der Waals surface area contributed by atoms with Crippen LogP contribution in [0.15, 0.2) is 47.2 Å². The molecule has 6 heteroatoms. The zero-order chi connectivity index (χ0) is 17.0. The van der Waals surface area contributed by atoms with Crippen molar-refractivity contribution in [1.82, 2.24) is 10.3 Å². The van der Waals surface area contributed by atoms with Crippen molar-refractivity contribution in [2.75, 3.05) is 13.2 Å². The van der Waals surface area contributed by atoms with Gasteiger partial charge in [-0.3, -0.25) is 15.7 Å². The highest BCUT2D eigenvalue weighted by Crippen LogP contribution is 2.47. The molecule has 130 valence electrons. The van der Waals surface area contributed by atoms with Crippen LogP contribution in [0.1, 0.15) is 24.8 Å². The fourth-order valence-corrected chi connectivity index (χ4v) is 3.64. The molecule has 1 unspecified atom stereocenters. The van der Waals surface area contributed by atoms with E-state index in [4.69, 9.17) is 11.6 Å². The van der Waals surface area contributed by atoms with Crippen LogP contribution in [0.25, 0.3) is 0 Å². The second-order valence-electron chi connectivity index (χ2n) is 6.98. The second-order valence-corrected chi connectivity index (χ2v) is 6.98. The number of hydrogen-bond donors (Lipinski definition) is 4. The van der Waals surface area contributed by atoms with Crippen LogP contribution in [0.5, 0.6) is 0 Å². The lowest BCUT2D eigenvalue weighted by Crippen LogP contribution is -2.53. The summed E-state index contributed by atoms with van der Waals surface area (Å²) in [6, 6.07) is 10.6. The summed E-state index contributed by atoms with van der Waals surface area (Å²) in [5.74, 6) is 7.32. The summed E-state index contributed by atoms with van der Waals surface area (Å²) < 4.78 is 0. The fourth-order valence-electron chi connectivity index (χ4n) is 3.64. The number of aryl methyl sites for hydroxylation is 1.